The molecule has 7 aliphatic rings. The van der Waals surface area contributed by atoms with Gasteiger partial charge in [-0.3, -0.25) is 0 Å². The SMILES string of the molecule is COC1C(C(C)(C)C)CC2C(CC(C)C2[Si](C)(C)C2C(C)CC3C2CC2CCCC2[C@@H]3C2CCC(C(C)(C)C)CC2)[C@H]1C1CCC(C(C)(C)C)CC1. The number of hydrogen-bond donors (Lipinski definition) is 0. The molecule has 0 radical (unpaired) electrons. The molecule has 0 amide bonds. The predicted molar refractivity (Wildman–Crippen MR) is 227 cm³/mol. The van der Waals surface area contributed by atoms with Crippen molar-refractivity contribution < 1.29 is 4.74 Å². The minimum Gasteiger partial charge on any atom is -0.381 e. The lowest BCUT2D eigenvalue weighted by atomic mass is 9.55. The van der Waals surface area contributed by atoms with Crippen molar-refractivity contribution in [2.45, 2.75) is 203 Å². The minimum absolute atomic E-state index is 0.306. The highest BCUT2D eigenvalue weighted by atomic mass is 28.3. The molecule has 52 heavy (non-hydrogen) atoms. The molecule has 0 saturated heterocycles. The molecule has 0 aromatic carbocycles. The van der Waals surface area contributed by atoms with Crippen molar-refractivity contribution in [3.63, 3.8) is 0 Å². The first-order valence-electron chi connectivity index (χ1n) is 23.8. The van der Waals surface area contributed by atoms with Gasteiger partial charge >= 0.3 is 0 Å². The Morgan fingerprint density at radius 1 is 0.462 bits per heavy atom. The lowest BCUT2D eigenvalue weighted by molar-refractivity contribution is -0.119. The van der Waals surface area contributed by atoms with Gasteiger partial charge in [-0.25, -0.2) is 0 Å². The van der Waals surface area contributed by atoms with E-state index in [-0.39, 0.29) is 0 Å². The Morgan fingerprint density at radius 2 is 0.923 bits per heavy atom. The third-order valence-corrected chi connectivity index (χ3v) is 25.2. The molecule has 0 bridgehead atoms. The number of ether oxygens (including phenoxy) is 1. The van der Waals surface area contributed by atoms with Crippen molar-refractivity contribution in [1.82, 2.24) is 0 Å². The molecule has 0 aromatic heterocycles. The van der Waals surface area contributed by atoms with Gasteiger partial charge in [0.25, 0.3) is 0 Å². The predicted octanol–water partition coefficient (Wildman–Crippen LogP) is 14.8. The summed E-state index contributed by atoms with van der Waals surface area (Å²) in [5.41, 5.74) is 3.30. The lowest BCUT2D eigenvalue weighted by Crippen LogP contribution is -2.54. The molecule has 0 aromatic rings. The van der Waals surface area contributed by atoms with Crippen molar-refractivity contribution in [3.05, 3.63) is 0 Å². The van der Waals surface area contributed by atoms with Crippen molar-refractivity contribution in [1.29, 1.82) is 0 Å². The summed E-state index contributed by atoms with van der Waals surface area (Å²) in [6.45, 7) is 34.4. The smallest absolute Gasteiger partial charge is 0.0638 e. The van der Waals surface area contributed by atoms with Crippen LogP contribution in [0.1, 0.15) is 172 Å². The first kappa shape index (κ1) is 40.4. The highest BCUT2D eigenvalue weighted by molar-refractivity contribution is 6.80. The highest BCUT2D eigenvalue weighted by Gasteiger charge is 2.64. The molecule has 0 N–H and O–H groups in total. The number of methoxy groups -OCH3 is 1. The summed E-state index contributed by atoms with van der Waals surface area (Å²) < 4.78 is 6.79. The summed E-state index contributed by atoms with van der Waals surface area (Å²) in [7, 11) is 0.494. The Balaban J connectivity index is 1.17. The van der Waals surface area contributed by atoms with Crippen LogP contribution in [0.15, 0.2) is 0 Å². The fraction of sp³-hybridized carbons (Fsp3) is 1.00. The number of fused-ring (bicyclic) bond motifs is 3. The molecule has 7 fully saturated rings. The number of rotatable bonds is 5. The van der Waals surface area contributed by atoms with E-state index in [9.17, 15) is 0 Å². The zero-order valence-electron chi connectivity index (χ0n) is 37.4. The van der Waals surface area contributed by atoms with Crippen LogP contribution in [-0.2, 0) is 4.74 Å². The van der Waals surface area contributed by atoms with Crippen molar-refractivity contribution >= 4 is 8.07 Å². The van der Waals surface area contributed by atoms with Crippen LogP contribution >= 0.6 is 0 Å². The van der Waals surface area contributed by atoms with Gasteiger partial charge in [0.1, 0.15) is 0 Å². The van der Waals surface area contributed by atoms with E-state index in [1.807, 2.05) is 0 Å². The molecule has 7 rings (SSSR count). The van der Waals surface area contributed by atoms with Crippen molar-refractivity contribution in [2.75, 3.05) is 7.11 Å². The molecule has 14 atom stereocenters. The molecule has 300 valence electrons. The average Bonchev–Trinajstić information content (AvgIpc) is 3.75. The summed E-state index contributed by atoms with van der Waals surface area (Å²) >= 11 is 0. The maximum atomic E-state index is 6.79. The van der Waals surface area contributed by atoms with Gasteiger partial charge in [-0.1, -0.05) is 102 Å². The van der Waals surface area contributed by atoms with Crippen LogP contribution in [0.5, 0.6) is 0 Å². The second kappa shape index (κ2) is 14.5. The van der Waals surface area contributed by atoms with E-state index in [1.165, 1.54) is 51.4 Å². The summed E-state index contributed by atoms with van der Waals surface area (Å²) in [5, 5.41) is 0. The van der Waals surface area contributed by atoms with Crippen molar-refractivity contribution in [2.24, 2.45) is 105 Å². The zero-order valence-corrected chi connectivity index (χ0v) is 38.4. The third-order valence-electron chi connectivity index (χ3n) is 19.8. The maximum Gasteiger partial charge on any atom is 0.0638 e. The summed E-state index contributed by atoms with van der Waals surface area (Å²) in [4.78, 5) is 0. The topological polar surface area (TPSA) is 9.23 Å². The van der Waals surface area contributed by atoms with Gasteiger partial charge in [0, 0.05) is 7.11 Å². The van der Waals surface area contributed by atoms with Crippen LogP contribution in [0.2, 0.25) is 24.2 Å². The fourth-order valence-electron chi connectivity index (χ4n) is 17.9. The molecule has 1 nitrogen and oxygen atoms in total. The van der Waals surface area contributed by atoms with Crippen LogP contribution in [-0.4, -0.2) is 21.3 Å². The Hall–Kier alpha value is 0.177. The Kier molecular flexibility index (Phi) is 11.3. The van der Waals surface area contributed by atoms with Gasteiger partial charge in [0.15, 0.2) is 0 Å². The second-order valence-electron chi connectivity index (χ2n) is 25.6. The monoisotopic (exact) mass is 735 g/mol. The van der Waals surface area contributed by atoms with Crippen LogP contribution in [0.4, 0.5) is 0 Å². The van der Waals surface area contributed by atoms with E-state index in [0.717, 1.165) is 93.9 Å². The van der Waals surface area contributed by atoms with Gasteiger partial charge in [0.2, 0.25) is 0 Å². The van der Waals surface area contributed by atoms with Crippen LogP contribution in [0, 0.1) is 105 Å². The van der Waals surface area contributed by atoms with Crippen LogP contribution in [0.3, 0.4) is 0 Å². The average molecular weight is 735 g/mol. The molecule has 2 heteroatoms. The standard InChI is InChI=1S/C50H90OSi/c1-30-26-38-40(28-34-16-15-17-37(34)43(38)32-18-22-35(23-19-32)48(3,4)5)46(30)52(13,14)47-31(2)27-39-41(47)29-42(50(9,10)11)45(51-12)44(39)33-20-24-36(25-21-33)49(6,7)8/h30-47H,15-29H2,1-14H3/t30?,31?,32?,33?,34?,35?,36?,37?,38?,39?,40?,41?,42?,43-,44+,45?,46?,47?/m0/s1. The van der Waals surface area contributed by atoms with E-state index in [2.05, 4.69) is 96.4 Å². The molecule has 0 aliphatic heterocycles. The third kappa shape index (κ3) is 7.16. The van der Waals surface area contributed by atoms with Gasteiger partial charge in [-0.05, 0) is 200 Å². The summed E-state index contributed by atoms with van der Waals surface area (Å²) in [6.07, 6.45) is 23.2. The maximum absolute atomic E-state index is 6.79. The van der Waals surface area contributed by atoms with E-state index in [0.29, 0.717) is 28.3 Å². The lowest BCUT2D eigenvalue weighted by Gasteiger charge is -2.56. The van der Waals surface area contributed by atoms with Crippen LogP contribution in [0.25, 0.3) is 0 Å². The second-order valence-corrected chi connectivity index (χ2v) is 30.5. The summed E-state index contributed by atoms with van der Waals surface area (Å²) in [5.74, 6) is 14.2. The molecular weight excluding hydrogens is 645 g/mol. The van der Waals surface area contributed by atoms with Crippen LogP contribution < -0.4 is 0 Å². The van der Waals surface area contributed by atoms with E-state index in [4.69, 9.17) is 4.74 Å². The Labute approximate surface area is 326 Å². The molecule has 7 aliphatic carbocycles. The van der Waals surface area contributed by atoms with E-state index < -0.39 is 8.07 Å². The number of hydrogen-bond acceptors (Lipinski definition) is 1. The first-order valence-corrected chi connectivity index (χ1v) is 26.9. The van der Waals surface area contributed by atoms with Gasteiger partial charge in [-0.2, -0.15) is 0 Å². The molecule has 0 heterocycles. The molecule has 0 spiro atoms. The van der Waals surface area contributed by atoms with Gasteiger partial charge < -0.3 is 4.74 Å². The Bertz CT molecular complexity index is 1200. The van der Waals surface area contributed by atoms with E-state index in [1.54, 1.807) is 44.9 Å². The molecule has 7 saturated carbocycles. The normalized spacial score (nSPS) is 49.0. The highest BCUT2D eigenvalue weighted by Crippen LogP contribution is 2.70. The van der Waals surface area contributed by atoms with E-state index >= 15 is 0 Å². The fourth-order valence-corrected chi connectivity index (χ4v) is 24.5. The minimum atomic E-state index is -1.62. The van der Waals surface area contributed by atoms with Gasteiger partial charge in [0.05, 0.1) is 14.2 Å². The quantitative estimate of drug-likeness (QED) is 0.256. The molecule has 12 unspecified atom stereocenters. The zero-order chi connectivity index (χ0) is 37.7. The Morgan fingerprint density at radius 3 is 1.38 bits per heavy atom. The first-order chi connectivity index (χ1) is 24.2. The van der Waals surface area contributed by atoms with Crippen molar-refractivity contribution in [3.8, 4) is 0 Å². The largest absolute Gasteiger partial charge is 0.381 e. The van der Waals surface area contributed by atoms with Gasteiger partial charge in [-0.15, -0.1) is 0 Å². The summed E-state index contributed by atoms with van der Waals surface area (Å²) in [6, 6.07) is 0. The molecular formula is C50H90OSi.